The summed E-state index contributed by atoms with van der Waals surface area (Å²) >= 11 is 0. The highest BCUT2D eigenvalue weighted by Crippen LogP contribution is 1.99. The van der Waals surface area contributed by atoms with Gasteiger partial charge >= 0.3 is 6.16 Å². The lowest BCUT2D eigenvalue weighted by Gasteiger charge is -2.07. The molecule has 0 aliphatic heterocycles. The molecule has 0 bridgehead atoms. The van der Waals surface area contributed by atoms with Crippen molar-refractivity contribution in [3.8, 4) is 0 Å². The molecule has 66 valence electrons. The van der Waals surface area contributed by atoms with Gasteiger partial charge in [-0.15, -0.1) is 0 Å². The predicted molar refractivity (Wildman–Crippen MR) is 37.7 cm³/mol. The van der Waals surface area contributed by atoms with E-state index in [-0.39, 0.29) is 0 Å². The molecular formula is C6H13NO4. The van der Waals surface area contributed by atoms with Crippen LogP contribution in [0.3, 0.4) is 0 Å². The van der Waals surface area contributed by atoms with E-state index in [1.54, 1.807) is 0 Å². The Bertz CT molecular complexity index is 117. The van der Waals surface area contributed by atoms with Crippen molar-refractivity contribution in [1.29, 1.82) is 0 Å². The molecule has 11 heavy (non-hydrogen) atoms. The summed E-state index contributed by atoms with van der Waals surface area (Å²) in [6.45, 7) is 2.00. The fourth-order valence-electron chi connectivity index (χ4n) is 0.556. The number of rotatable bonds is 5. The van der Waals surface area contributed by atoms with Gasteiger partial charge in [-0.05, 0) is 12.8 Å². The highest BCUT2D eigenvalue weighted by molar-refractivity contribution is 5.55. The maximum atomic E-state index is 9.77. The molecule has 1 unspecified atom stereocenters. The van der Waals surface area contributed by atoms with Crippen LogP contribution in [0.25, 0.3) is 0 Å². The van der Waals surface area contributed by atoms with E-state index in [0.29, 0.717) is 6.42 Å². The molecule has 5 nitrogen and oxygen atoms in total. The van der Waals surface area contributed by atoms with Gasteiger partial charge in [-0.1, -0.05) is 13.3 Å². The third-order valence-corrected chi connectivity index (χ3v) is 1.09. The van der Waals surface area contributed by atoms with Crippen LogP contribution in [0.5, 0.6) is 0 Å². The molecule has 0 aromatic carbocycles. The molecule has 0 spiro atoms. The van der Waals surface area contributed by atoms with Crippen molar-refractivity contribution in [2.45, 2.75) is 32.4 Å². The zero-order chi connectivity index (χ0) is 8.69. The lowest BCUT2D eigenvalue weighted by atomic mass is 10.2. The molecule has 0 saturated heterocycles. The van der Waals surface area contributed by atoms with Gasteiger partial charge in [0.2, 0.25) is 0 Å². The third-order valence-electron chi connectivity index (χ3n) is 1.09. The summed E-state index contributed by atoms with van der Waals surface area (Å²) in [5.74, 6) is 0. The van der Waals surface area contributed by atoms with Gasteiger partial charge < -0.3 is 10.8 Å². The zero-order valence-corrected chi connectivity index (χ0v) is 6.45. The maximum Gasteiger partial charge on any atom is 0.537 e. The van der Waals surface area contributed by atoms with Gasteiger partial charge in [0.1, 0.15) is 0 Å². The van der Waals surface area contributed by atoms with E-state index in [1.807, 2.05) is 6.92 Å². The molecule has 0 amide bonds. The Hall–Kier alpha value is -0.810. The molecule has 5 heteroatoms. The first-order valence-electron chi connectivity index (χ1n) is 3.48. The van der Waals surface area contributed by atoms with Crippen LogP contribution < -0.4 is 5.73 Å². The number of unbranched alkanes of at least 4 members (excludes halogenated alkanes) is 1. The number of hydrogen-bond donors (Lipinski definition) is 2. The fourth-order valence-corrected chi connectivity index (χ4v) is 0.556. The quantitative estimate of drug-likeness (QED) is 0.360. The highest BCUT2D eigenvalue weighted by atomic mass is 17.2. The molecule has 0 aliphatic rings. The largest absolute Gasteiger partial charge is 0.537 e. The van der Waals surface area contributed by atoms with Gasteiger partial charge in [-0.3, -0.25) is 4.89 Å². The Kier molecular flexibility index (Phi) is 5.50. The highest BCUT2D eigenvalue weighted by Gasteiger charge is 2.05. The van der Waals surface area contributed by atoms with Crippen LogP contribution in [0.4, 0.5) is 4.79 Å². The summed E-state index contributed by atoms with van der Waals surface area (Å²) in [5.41, 5.74) is 5.30. The van der Waals surface area contributed by atoms with Crippen LogP contribution in [0, 0.1) is 0 Å². The Morgan fingerprint density at radius 2 is 2.36 bits per heavy atom. The number of carboxylic acid groups (broad SMARTS) is 1. The SMILES string of the molecule is CCCCC(N)OOC(=O)O. The molecule has 1 atom stereocenters. The minimum Gasteiger partial charge on any atom is -0.448 e. The molecule has 0 fully saturated rings. The average molecular weight is 163 g/mol. The van der Waals surface area contributed by atoms with Gasteiger partial charge in [0.15, 0.2) is 6.23 Å². The average Bonchev–Trinajstić information content (AvgIpc) is 1.97. The van der Waals surface area contributed by atoms with Gasteiger partial charge in [0.05, 0.1) is 0 Å². The normalized spacial score (nSPS) is 12.5. The summed E-state index contributed by atoms with van der Waals surface area (Å²) in [5, 5.41) is 7.99. The molecular weight excluding hydrogens is 150 g/mol. The van der Waals surface area contributed by atoms with E-state index in [2.05, 4.69) is 9.78 Å². The monoisotopic (exact) mass is 163 g/mol. The predicted octanol–water partition coefficient (Wildman–Crippen LogP) is 1.09. The molecule has 0 aromatic heterocycles. The summed E-state index contributed by atoms with van der Waals surface area (Å²) in [4.78, 5) is 17.9. The zero-order valence-electron chi connectivity index (χ0n) is 6.45. The number of hydrogen-bond acceptors (Lipinski definition) is 4. The smallest absolute Gasteiger partial charge is 0.448 e. The van der Waals surface area contributed by atoms with E-state index in [1.165, 1.54) is 0 Å². The van der Waals surface area contributed by atoms with Crippen molar-refractivity contribution < 1.29 is 19.7 Å². The second-order valence-corrected chi connectivity index (χ2v) is 2.13. The first-order valence-corrected chi connectivity index (χ1v) is 3.48. The second kappa shape index (κ2) is 5.94. The van der Waals surface area contributed by atoms with Crippen molar-refractivity contribution in [3.05, 3.63) is 0 Å². The van der Waals surface area contributed by atoms with Gasteiger partial charge in [-0.25, -0.2) is 4.79 Å². The molecule has 0 saturated carbocycles. The van der Waals surface area contributed by atoms with Crippen LogP contribution >= 0.6 is 0 Å². The minimum atomic E-state index is -1.48. The van der Waals surface area contributed by atoms with Gasteiger partial charge in [0, 0.05) is 0 Å². The summed E-state index contributed by atoms with van der Waals surface area (Å²) in [6.07, 6.45) is 0.362. The number of nitrogens with two attached hydrogens (primary N) is 1. The Morgan fingerprint density at radius 1 is 1.73 bits per heavy atom. The lowest BCUT2D eigenvalue weighted by molar-refractivity contribution is -0.283. The van der Waals surface area contributed by atoms with Crippen LogP contribution in [0.1, 0.15) is 26.2 Å². The Labute approximate surface area is 65.0 Å². The summed E-state index contributed by atoms with van der Waals surface area (Å²) in [7, 11) is 0. The summed E-state index contributed by atoms with van der Waals surface area (Å²) < 4.78 is 0. The molecule has 3 N–H and O–H groups in total. The molecule has 0 radical (unpaired) electrons. The molecule has 0 rings (SSSR count). The fraction of sp³-hybridized carbons (Fsp3) is 0.833. The van der Waals surface area contributed by atoms with E-state index >= 15 is 0 Å². The first kappa shape index (κ1) is 10.2. The van der Waals surface area contributed by atoms with Crippen LogP contribution in [-0.2, 0) is 9.78 Å². The van der Waals surface area contributed by atoms with Crippen molar-refractivity contribution >= 4 is 6.16 Å². The van der Waals surface area contributed by atoms with E-state index in [0.717, 1.165) is 12.8 Å². The van der Waals surface area contributed by atoms with Crippen molar-refractivity contribution in [2.24, 2.45) is 5.73 Å². The van der Waals surface area contributed by atoms with Crippen molar-refractivity contribution in [3.63, 3.8) is 0 Å². The molecule has 0 aromatic rings. The third kappa shape index (κ3) is 7.08. The second-order valence-electron chi connectivity index (χ2n) is 2.13. The molecule has 0 aliphatic carbocycles. The van der Waals surface area contributed by atoms with Crippen LogP contribution in [0.2, 0.25) is 0 Å². The summed E-state index contributed by atoms with van der Waals surface area (Å²) in [6, 6.07) is 0. The number of carbonyl (C=O) groups is 1. The van der Waals surface area contributed by atoms with Crippen molar-refractivity contribution in [1.82, 2.24) is 0 Å². The van der Waals surface area contributed by atoms with Gasteiger partial charge in [0.25, 0.3) is 0 Å². The van der Waals surface area contributed by atoms with E-state index < -0.39 is 12.4 Å². The van der Waals surface area contributed by atoms with E-state index in [4.69, 9.17) is 10.8 Å². The van der Waals surface area contributed by atoms with Crippen LogP contribution in [-0.4, -0.2) is 17.5 Å². The van der Waals surface area contributed by atoms with Crippen LogP contribution in [0.15, 0.2) is 0 Å². The molecule has 0 heterocycles. The van der Waals surface area contributed by atoms with Gasteiger partial charge in [-0.2, -0.15) is 4.89 Å². The topological polar surface area (TPSA) is 81.8 Å². The minimum absolute atomic E-state index is 0.601. The lowest BCUT2D eigenvalue weighted by Crippen LogP contribution is -2.24. The first-order chi connectivity index (χ1) is 5.16. The van der Waals surface area contributed by atoms with E-state index in [9.17, 15) is 4.79 Å². The Balaban J connectivity index is 3.22. The van der Waals surface area contributed by atoms with Crippen molar-refractivity contribution in [2.75, 3.05) is 0 Å². The standard InChI is InChI=1S/C6H13NO4/c1-2-3-4-5(7)10-11-6(8)9/h5H,2-4,7H2,1H3,(H,8,9). The Morgan fingerprint density at radius 3 is 2.82 bits per heavy atom. The maximum absolute atomic E-state index is 9.77.